The number of halogens is 3. The van der Waals surface area contributed by atoms with E-state index < -0.39 is 18.4 Å². The quantitative estimate of drug-likeness (QED) is 0.769. The Hall–Kier alpha value is -1.78. The first kappa shape index (κ1) is 15.6. The van der Waals surface area contributed by atoms with Gasteiger partial charge in [-0.1, -0.05) is 41.4 Å². The molecule has 3 nitrogen and oxygen atoms in total. The molecule has 0 saturated heterocycles. The molecule has 0 N–H and O–H groups in total. The summed E-state index contributed by atoms with van der Waals surface area (Å²) < 4.78 is 23.3. The van der Waals surface area contributed by atoms with E-state index in [2.05, 4.69) is 0 Å². The topological polar surface area (TPSA) is 35.5 Å². The molecule has 0 aliphatic carbocycles. The van der Waals surface area contributed by atoms with Crippen LogP contribution in [0.5, 0.6) is 5.75 Å². The van der Waals surface area contributed by atoms with Crippen molar-refractivity contribution in [1.82, 2.24) is 0 Å². The van der Waals surface area contributed by atoms with Gasteiger partial charge < -0.3 is 9.47 Å². The monoisotopic (exact) mass is 328 g/mol. The van der Waals surface area contributed by atoms with Crippen LogP contribution in [0.15, 0.2) is 42.5 Å². The predicted octanol–water partition coefficient (Wildman–Crippen LogP) is 4.25. The van der Waals surface area contributed by atoms with Gasteiger partial charge in [0.1, 0.15) is 6.61 Å². The number of hydrogen-bond donors (Lipinski definition) is 0. The zero-order valence-corrected chi connectivity index (χ0v) is 12.3. The van der Waals surface area contributed by atoms with Crippen LogP contribution in [0.1, 0.15) is 5.56 Å². The third-order valence-corrected chi connectivity index (χ3v) is 3.33. The number of ether oxygens (including phenoxy) is 2. The molecule has 6 heteroatoms. The van der Waals surface area contributed by atoms with Crippen molar-refractivity contribution in [2.75, 3.05) is 6.61 Å². The number of esters is 1. The van der Waals surface area contributed by atoms with Crippen LogP contribution in [0.25, 0.3) is 0 Å². The highest BCUT2D eigenvalue weighted by molar-refractivity contribution is 6.35. The molecule has 2 aromatic carbocycles. The molecule has 0 aliphatic heterocycles. The second-order valence-corrected chi connectivity index (χ2v) is 4.89. The average Bonchev–Trinajstić information content (AvgIpc) is 2.46. The summed E-state index contributed by atoms with van der Waals surface area (Å²) in [5.74, 6) is -1.20. The molecule has 110 valence electrons. The Morgan fingerprint density at radius 1 is 1.05 bits per heavy atom. The van der Waals surface area contributed by atoms with Crippen molar-refractivity contribution in [3.8, 4) is 5.75 Å². The lowest BCUT2D eigenvalue weighted by Crippen LogP contribution is -2.15. The van der Waals surface area contributed by atoms with Gasteiger partial charge in [-0.15, -0.1) is 0 Å². The van der Waals surface area contributed by atoms with Crippen molar-refractivity contribution in [1.29, 1.82) is 0 Å². The molecule has 2 rings (SSSR count). The fraction of sp³-hybridized carbons (Fsp3) is 0.133. The van der Waals surface area contributed by atoms with Gasteiger partial charge in [0.25, 0.3) is 0 Å². The lowest BCUT2D eigenvalue weighted by molar-refractivity contribution is -0.147. The Bertz CT molecular complexity index is 626. The maximum atomic E-state index is 13.3. The SMILES string of the molecule is O=C(COc1ccccc1F)OCc1c(Cl)cccc1Cl. The summed E-state index contributed by atoms with van der Waals surface area (Å²) in [7, 11) is 0. The van der Waals surface area contributed by atoms with E-state index in [4.69, 9.17) is 32.7 Å². The van der Waals surface area contributed by atoms with Crippen LogP contribution in [-0.4, -0.2) is 12.6 Å². The summed E-state index contributed by atoms with van der Waals surface area (Å²) in [6.07, 6.45) is 0. The highest BCUT2D eigenvalue weighted by atomic mass is 35.5. The summed E-state index contributed by atoms with van der Waals surface area (Å²) in [6.45, 7) is -0.471. The van der Waals surface area contributed by atoms with Crippen molar-refractivity contribution in [3.63, 3.8) is 0 Å². The summed E-state index contributed by atoms with van der Waals surface area (Å²) >= 11 is 11.9. The van der Waals surface area contributed by atoms with Gasteiger partial charge in [-0.05, 0) is 24.3 Å². The Morgan fingerprint density at radius 3 is 2.38 bits per heavy atom. The smallest absolute Gasteiger partial charge is 0.344 e. The second kappa shape index (κ2) is 7.29. The molecule has 0 bridgehead atoms. The first-order valence-corrected chi connectivity index (χ1v) is 6.79. The highest BCUT2D eigenvalue weighted by Crippen LogP contribution is 2.25. The average molecular weight is 329 g/mol. The standard InChI is InChI=1S/C15H11Cl2FO3/c16-11-4-3-5-12(17)10(11)8-21-15(19)9-20-14-7-2-1-6-13(14)18/h1-7H,8-9H2. The van der Waals surface area contributed by atoms with E-state index in [1.54, 1.807) is 24.3 Å². The minimum Gasteiger partial charge on any atom is -0.479 e. The van der Waals surface area contributed by atoms with Crippen LogP contribution in [0.4, 0.5) is 4.39 Å². The summed E-state index contributed by atoms with van der Waals surface area (Å²) in [6, 6.07) is 10.8. The first-order valence-electron chi connectivity index (χ1n) is 6.04. The Balaban J connectivity index is 1.87. The van der Waals surface area contributed by atoms with Gasteiger partial charge in [0.05, 0.1) is 0 Å². The number of hydrogen-bond acceptors (Lipinski definition) is 3. The Labute approximate surface area is 131 Å². The molecular formula is C15H11Cl2FO3. The number of carbonyl (C=O) groups is 1. The van der Waals surface area contributed by atoms with E-state index in [1.165, 1.54) is 18.2 Å². The number of carbonyl (C=O) groups excluding carboxylic acids is 1. The number of para-hydroxylation sites is 1. The molecule has 0 spiro atoms. The van der Waals surface area contributed by atoms with Gasteiger partial charge in [-0.2, -0.15) is 0 Å². The van der Waals surface area contributed by atoms with Gasteiger partial charge >= 0.3 is 5.97 Å². The molecule has 2 aromatic rings. The van der Waals surface area contributed by atoms with Gasteiger partial charge in [-0.3, -0.25) is 0 Å². The molecule has 0 aliphatic rings. The zero-order chi connectivity index (χ0) is 15.2. The minimum atomic E-state index is -0.644. The van der Waals surface area contributed by atoms with E-state index in [-0.39, 0.29) is 12.4 Å². The lowest BCUT2D eigenvalue weighted by atomic mass is 10.2. The number of benzene rings is 2. The molecule has 0 aromatic heterocycles. The normalized spacial score (nSPS) is 10.2. The third kappa shape index (κ3) is 4.34. The van der Waals surface area contributed by atoms with Crippen LogP contribution < -0.4 is 4.74 Å². The fourth-order valence-corrected chi connectivity index (χ4v) is 2.07. The van der Waals surface area contributed by atoms with Gasteiger partial charge in [0.2, 0.25) is 0 Å². The van der Waals surface area contributed by atoms with Crippen molar-refractivity contribution in [2.45, 2.75) is 6.61 Å². The van der Waals surface area contributed by atoms with E-state index in [9.17, 15) is 9.18 Å². The van der Waals surface area contributed by atoms with Crippen LogP contribution in [0.3, 0.4) is 0 Å². The molecule has 0 fully saturated rings. The lowest BCUT2D eigenvalue weighted by Gasteiger charge is -2.09. The Kier molecular flexibility index (Phi) is 5.42. The van der Waals surface area contributed by atoms with Gasteiger partial charge in [0, 0.05) is 15.6 Å². The van der Waals surface area contributed by atoms with E-state index in [0.717, 1.165) is 0 Å². The molecule has 0 unspecified atom stereocenters. The molecule has 0 atom stereocenters. The van der Waals surface area contributed by atoms with Crippen molar-refractivity contribution in [3.05, 3.63) is 63.9 Å². The van der Waals surface area contributed by atoms with Crippen LogP contribution >= 0.6 is 23.2 Å². The summed E-state index contributed by atoms with van der Waals surface area (Å²) in [5.41, 5.74) is 0.514. The van der Waals surface area contributed by atoms with E-state index in [1.807, 2.05) is 0 Å². The minimum absolute atomic E-state index is 0.00905. The van der Waals surface area contributed by atoms with Crippen LogP contribution in [0.2, 0.25) is 10.0 Å². The fourth-order valence-electron chi connectivity index (χ4n) is 1.56. The van der Waals surface area contributed by atoms with Crippen molar-refractivity contribution in [2.24, 2.45) is 0 Å². The molecule has 0 radical (unpaired) electrons. The Morgan fingerprint density at radius 2 is 1.71 bits per heavy atom. The maximum absolute atomic E-state index is 13.3. The maximum Gasteiger partial charge on any atom is 0.344 e. The van der Waals surface area contributed by atoms with Crippen molar-refractivity contribution < 1.29 is 18.7 Å². The highest BCUT2D eigenvalue weighted by Gasteiger charge is 2.11. The third-order valence-electron chi connectivity index (χ3n) is 2.62. The zero-order valence-electron chi connectivity index (χ0n) is 10.8. The summed E-state index contributed by atoms with van der Waals surface area (Å²) in [5, 5.41) is 0.815. The predicted molar refractivity (Wildman–Crippen MR) is 78.2 cm³/mol. The van der Waals surface area contributed by atoms with Gasteiger partial charge in [0.15, 0.2) is 18.2 Å². The largest absolute Gasteiger partial charge is 0.479 e. The van der Waals surface area contributed by atoms with Crippen LogP contribution in [0, 0.1) is 5.82 Å². The molecular weight excluding hydrogens is 318 g/mol. The van der Waals surface area contributed by atoms with Crippen LogP contribution in [-0.2, 0) is 16.1 Å². The summed E-state index contributed by atoms with van der Waals surface area (Å²) in [4.78, 5) is 11.6. The second-order valence-electron chi connectivity index (χ2n) is 4.08. The van der Waals surface area contributed by atoms with Gasteiger partial charge in [-0.25, -0.2) is 9.18 Å². The van der Waals surface area contributed by atoms with Crippen molar-refractivity contribution >= 4 is 29.2 Å². The van der Waals surface area contributed by atoms with E-state index in [0.29, 0.717) is 15.6 Å². The molecule has 21 heavy (non-hydrogen) atoms. The molecule has 0 saturated carbocycles. The van der Waals surface area contributed by atoms with E-state index >= 15 is 0 Å². The molecule has 0 heterocycles. The number of rotatable bonds is 5. The first-order chi connectivity index (χ1) is 10.1. The molecule has 0 amide bonds.